The van der Waals surface area contributed by atoms with E-state index in [1.807, 2.05) is 17.0 Å². The molecule has 2 rings (SSSR count). The van der Waals surface area contributed by atoms with E-state index in [0.29, 0.717) is 30.3 Å². The molecule has 0 spiro atoms. The van der Waals surface area contributed by atoms with Crippen molar-refractivity contribution in [3.63, 3.8) is 0 Å². The van der Waals surface area contributed by atoms with E-state index in [4.69, 9.17) is 19.9 Å². The van der Waals surface area contributed by atoms with Crippen LogP contribution in [0.3, 0.4) is 0 Å². The van der Waals surface area contributed by atoms with Crippen molar-refractivity contribution >= 4 is 5.91 Å². The molecule has 2 N–H and O–H groups in total. The molecule has 0 saturated carbocycles. The topological polar surface area (TPSA) is 77.3 Å². The number of carbonyl (C=O) groups excluding carboxylic acids is 1. The van der Waals surface area contributed by atoms with Crippen LogP contribution in [0.1, 0.15) is 12.5 Å². The molecule has 1 heterocycles. The molecule has 0 aliphatic carbocycles. The number of benzene rings is 1. The Morgan fingerprint density at radius 3 is 2.04 bits per heavy atom. The van der Waals surface area contributed by atoms with Gasteiger partial charge < -0.3 is 24.8 Å². The average Bonchev–Trinajstić information content (AvgIpc) is 2.60. The lowest BCUT2D eigenvalue weighted by Gasteiger charge is -2.35. The van der Waals surface area contributed by atoms with Crippen molar-refractivity contribution in [3.8, 4) is 17.2 Å². The molecule has 1 fully saturated rings. The standard InChI is InChI=1S/C17H27N3O4/c1-12(18)17(21)20-7-5-19(6-8-20)11-13-9-14(22-2)16(24-4)15(10-13)23-3/h9-10,12H,5-8,11,18H2,1-4H3. The largest absolute Gasteiger partial charge is 0.493 e. The minimum atomic E-state index is -0.438. The molecule has 24 heavy (non-hydrogen) atoms. The number of hydrogen-bond donors (Lipinski definition) is 1. The molecule has 0 radical (unpaired) electrons. The maximum Gasteiger partial charge on any atom is 0.239 e. The number of methoxy groups -OCH3 is 3. The van der Waals surface area contributed by atoms with Gasteiger partial charge in [0, 0.05) is 32.7 Å². The van der Waals surface area contributed by atoms with Crippen LogP contribution in [-0.2, 0) is 11.3 Å². The van der Waals surface area contributed by atoms with Crippen molar-refractivity contribution in [1.29, 1.82) is 0 Å². The van der Waals surface area contributed by atoms with Gasteiger partial charge in [-0.3, -0.25) is 9.69 Å². The quantitative estimate of drug-likeness (QED) is 0.824. The lowest BCUT2D eigenvalue weighted by Crippen LogP contribution is -2.52. The fourth-order valence-corrected chi connectivity index (χ4v) is 2.90. The van der Waals surface area contributed by atoms with Gasteiger partial charge in [-0.05, 0) is 24.6 Å². The zero-order valence-electron chi connectivity index (χ0n) is 14.9. The maximum absolute atomic E-state index is 11.9. The number of rotatable bonds is 6. The summed E-state index contributed by atoms with van der Waals surface area (Å²) in [4.78, 5) is 16.1. The summed E-state index contributed by atoms with van der Waals surface area (Å²) in [5.74, 6) is 1.91. The van der Waals surface area contributed by atoms with E-state index in [0.717, 1.165) is 25.2 Å². The van der Waals surface area contributed by atoms with Crippen LogP contribution in [0, 0.1) is 0 Å². The lowest BCUT2D eigenvalue weighted by molar-refractivity contribution is -0.134. The zero-order chi connectivity index (χ0) is 17.7. The molecule has 7 nitrogen and oxygen atoms in total. The van der Waals surface area contributed by atoms with Crippen molar-refractivity contribution in [1.82, 2.24) is 9.80 Å². The van der Waals surface area contributed by atoms with Gasteiger partial charge >= 0.3 is 0 Å². The Hall–Kier alpha value is -1.99. The number of hydrogen-bond acceptors (Lipinski definition) is 6. The predicted molar refractivity (Wildman–Crippen MR) is 91.6 cm³/mol. The SMILES string of the molecule is COc1cc(CN2CCN(C(=O)C(C)N)CC2)cc(OC)c1OC. The Labute approximate surface area is 143 Å². The molecule has 0 aromatic heterocycles. The van der Waals surface area contributed by atoms with Gasteiger partial charge in [-0.25, -0.2) is 0 Å². The molecule has 1 saturated heterocycles. The molecule has 1 aromatic rings. The Morgan fingerprint density at radius 2 is 1.62 bits per heavy atom. The lowest BCUT2D eigenvalue weighted by atomic mass is 10.1. The number of ether oxygens (including phenoxy) is 3. The monoisotopic (exact) mass is 337 g/mol. The smallest absolute Gasteiger partial charge is 0.239 e. The fraction of sp³-hybridized carbons (Fsp3) is 0.588. The van der Waals surface area contributed by atoms with Crippen LogP contribution in [0.25, 0.3) is 0 Å². The van der Waals surface area contributed by atoms with Crippen molar-refractivity contribution in [2.24, 2.45) is 5.73 Å². The van der Waals surface area contributed by atoms with E-state index in [1.54, 1.807) is 28.3 Å². The average molecular weight is 337 g/mol. The number of nitrogens with zero attached hydrogens (tertiary/aromatic N) is 2. The van der Waals surface area contributed by atoms with Crippen LogP contribution >= 0.6 is 0 Å². The summed E-state index contributed by atoms with van der Waals surface area (Å²) < 4.78 is 16.1. The summed E-state index contributed by atoms with van der Waals surface area (Å²) in [5.41, 5.74) is 6.75. The van der Waals surface area contributed by atoms with Crippen LogP contribution in [-0.4, -0.2) is 69.3 Å². The highest BCUT2D eigenvalue weighted by Crippen LogP contribution is 2.38. The Morgan fingerprint density at radius 1 is 1.08 bits per heavy atom. The van der Waals surface area contributed by atoms with E-state index < -0.39 is 6.04 Å². The summed E-state index contributed by atoms with van der Waals surface area (Å²) in [6.07, 6.45) is 0. The Kier molecular flexibility index (Phi) is 6.28. The van der Waals surface area contributed by atoms with Gasteiger partial charge in [0.15, 0.2) is 11.5 Å². The van der Waals surface area contributed by atoms with Gasteiger partial charge in [0.25, 0.3) is 0 Å². The summed E-state index contributed by atoms with van der Waals surface area (Å²) in [6, 6.07) is 3.48. The van der Waals surface area contributed by atoms with Crippen molar-refractivity contribution in [3.05, 3.63) is 17.7 Å². The third-order valence-electron chi connectivity index (χ3n) is 4.20. The van der Waals surface area contributed by atoms with E-state index in [2.05, 4.69) is 4.90 Å². The molecule has 1 amide bonds. The van der Waals surface area contributed by atoms with Crippen LogP contribution in [0.5, 0.6) is 17.2 Å². The van der Waals surface area contributed by atoms with Crippen LogP contribution in [0.4, 0.5) is 0 Å². The molecule has 0 bridgehead atoms. The van der Waals surface area contributed by atoms with Crippen molar-refractivity contribution < 1.29 is 19.0 Å². The second-order valence-corrected chi connectivity index (χ2v) is 5.92. The fourth-order valence-electron chi connectivity index (χ4n) is 2.90. The first kappa shape index (κ1) is 18.4. The highest BCUT2D eigenvalue weighted by molar-refractivity contribution is 5.81. The predicted octanol–water partition coefficient (Wildman–Crippen LogP) is 0.704. The van der Waals surface area contributed by atoms with E-state index in [9.17, 15) is 4.79 Å². The summed E-state index contributed by atoms with van der Waals surface area (Å²) in [5, 5.41) is 0. The molecular weight excluding hydrogens is 310 g/mol. The normalized spacial score (nSPS) is 16.6. The number of piperazine rings is 1. The summed E-state index contributed by atoms with van der Waals surface area (Å²) in [6.45, 7) is 5.52. The summed E-state index contributed by atoms with van der Waals surface area (Å²) in [7, 11) is 4.81. The van der Waals surface area contributed by atoms with Gasteiger partial charge in [0.05, 0.1) is 27.4 Å². The minimum Gasteiger partial charge on any atom is -0.493 e. The molecule has 134 valence electrons. The first-order valence-electron chi connectivity index (χ1n) is 8.05. The second-order valence-electron chi connectivity index (χ2n) is 5.92. The third-order valence-corrected chi connectivity index (χ3v) is 4.20. The first-order chi connectivity index (χ1) is 11.5. The van der Waals surface area contributed by atoms with E-state index >= 15 is 0 Å². The van der Waals surface area contributed by atoms with Gasteiger partial charge in [-0.15, -0.1) is 0 Å². The first-order valence-corrected chi connectivity index (χ1v) is 8.05. The number of carbonyl (C=O) groups is 1. The molecule has 1 aliphatic rings. The molecule has 1 atom stereocenters. The second kappa shape index (κ2) is 8.21. The van der Waals surface area contributed by atoms with Gasteiger partial charge in [0.2, 0.25) is 11.7 Å². The maximum atomic E-state index is 11.9. The van der Waals surface area contributed by atoms with Crippen LogP contribution < -0.4 is 19.9 Å². The van der Waals surface area contributed by atoms with Gasteiger partial charge in [-0.2, -0.15) is 0 Å². The van der Waals surface area contributed by atoms with Crippen molar-refractivity contribution in [2.75, 3.05) is 47.5 Å². The third kappa shape index (κ3) is 4.10. The molecular formula is C17H27N3O4. The van der Waals surface area contributed by atoms with E-state index in [-0.39, 0.29) is 5.91 Å². The van der Waals surface area contributed by atoms with Crippen LogP contribution in [0.2, 0.25) is 0 Å². The van der Waals surface area contributed by atoms with E-state index in [1.165, 1.54) is 0 Å². The molecule has 1 aliphatic heterocycles. The summed E-state index contributed by atoms with van der Waals surface area (Å²) >= 11 is 0. The Balaban J connectivity index is 2.03. The Bertz CT molecular complexity index is 544. The molecule has 1 aromatic carbocycles. The minimum absolute atomic E-state index is 0.0161. The molecule has 7 heteroatoms. The zero-order valence-corrected chi connectivity index (χ0v) is 14.9. The van der Waals surface area contributed by atoms with Gasteiger partial charge in [0.1, 0.15) is 0 Å². The number of nitrogens with two attached hydrogens (primary N) is 1. The number of amides is 1. The van der Waals surface area contributed by atoms with Crippen molar-refractivity contribution in [2.45, 2.75) is 19.5 Å². The van der Waals surface area contributed by atoms with Gasteiger partial charge in [-0.1, -0.05) is 0 Å². The van der Waals surface area contributed by atoms with Crippen LogP contribution in [0.15, 0.2) is 12.1 Å². The molecule has 1 unspecified atom stereocenters. The highest BCUT2D eigenvalue weighted by Gasteiger charge is 2.23. The highest BCUT2D eigenvalue weighted by atomic mass is 16.5.